The van der Waals surface area contributed by atoms with Crippen molar-refractivity contribution in [2.24, 2.45) is 5.73 Å². The van der Waals surface area contributed by atoms with Gasteiger partial charge in [-0.3, -0.25) is 4.79 Å². The fourth-order valence-electron chi connectivity index (χ4n) is 1.81. The molecule has 5 heteroatoms. The molecular weight excluding hydrogens is 268 g/mol. The molecule has 0 aliphatic heterocycles. The van der Waals surface area contributed by atoms with E-state index in [1.807, 2.05) is 19.1 Å². The van der Waals surface area contributed by atoms with Crippen LogP contribution in [-0.2, 0) is 11.2 Å². The van der Waals surface area contributed by atoms with E-state index in [4.69, 9.17) is 21.6 Å². The first-order valence-corrected chi connectivity index (χ1v) is 6.86. The Morgan fingerprint density at radius 2 is 2.29 bits per heavy atom. The van der Waals surface area contributed by atoms with Gasteiger partial charge in [0.25, 0.3) is 5.91 Å². The molecule has 1 rings (SSSR count). The lowest BCUT2D eigenvalue weighted by Gasteiger charge is -2.16. The summed E-state index contributed by atoms with van der Waals surface area (Å²) in [6.45, 7) is 2.09. The first-order chi connectivity index (χ1) is 10.1. The van der Waals surface area contributed by atoms with Crippen LogP contribution in [0.4, 0.5) is 0 Å². The minimum absolute atomic E-state index is 0.0368. The monoisotopic (exact) mass is 290 g/mol. The number of methoxy groups -OCH3 is 1. The zero-order valence-corrected chi connectivity index (χ0v) is 12.5. The number of carbonyl (C=O) groups is 1. The number of nitrogens with two attached hydrogens (primary N) is 1. The van der Waals surface area contributed by atoms with Crippen LogP contribution >= 0.6 is 0 Å². The van der Waals surface area contributed by atoms with Crippen molar-refractivity contribution >= 4 is 5.91 Å². The summed E-state index contributed by atoms with van der Waals surface area (Å²) in [4.78, 5) is 11.6. The molecule has 0 radical (unpaired) electrons. The van der Waals surface area contributed by atoms with E-state index in [1.54, 1.807) is 13.2 Å². The summed E-state index contributed by atoms with van der Waals surface area (Å²) in [5, 5.41) is 2.55. The number of ether oxygens (including phenoxy) is 2. The van der Waals surface area contributed by atoms with Crippen LogP contribution in [0.2, 0.25) is 0 Å². The number of hydrogen-bond acceptors (Lipinski definition) is 4. The van der Waals surface area contributed by atoms with E-state index in [2.05, 4.69) is 11.2 Å². The van der Waals surface area contributed by atoms with E-state index >= 15 is 0 Å². The number of rotatable bonds is 8. The van der Waals surface area contributed by atoms with Crippen LogP contribution in [0.15, 0.2) is 18.2 Å². The number of benzene rings is 1. The van der Waals surface area contributed by atoms with Crippen molar-refractivity contribution in [2.75, 3.05) is 20.3 Å². The van der Waals surface area contributed by atoms with Crippen LogP contribution in [-0.4, -0.2) is 32.2 Å². The fraction of sp³-hybridized carbons (Fsp3) is 0.438. The van der Waals surface area contributed by atoms with Gasteiger partial charge in [0.15, 0.2) is 18.1 Å². The van der Waals surface area contributed by atoms with E-state index in [-0.39, 0.29) is 25.1 Å². The molecule has 0 saturated carbocycles. The van der Waals surface area contributed by atoms with Crippen molar-refractivity contribution in [2.45, 2.75) is 25.8 Å². The Hall–Kier alpha value is -2.19. The van der Waals surface area contributed by atoms with Gasteiger partial charge in [0.1, 0.15) is 0 Å². The van der Waals surface area contributed by atoms with Crippen molar-refractivity contribution in [3.8, 4) is 23.8 Å². The summed E-state index contributed by atoms with van der Waals surface area (Å²) in [6.07, 6.45) is 6.61. The van der Waals surface area contributed by atoms with Crippen LogP contribution < -0.4 is 20.5 Å². The average molecular weight is 290 g/mol. The molecule has 21 heavy (non-hydrogen) atoms. The molecule has 0 aromatic heterocycles. The third kappa shape index (κ3) is 5.36. The Balaban J connectivity index is 2.82. The first kappa shape index (κ1) is 16.9. The summed E-state index contributed by atoms with van der Waals surface area (Å²) in [5.41, 5.74) is 6.91. The van der Waals surface area contributed by atoms with Crippen molar-refractivity contribution in [3.63, 3.8) is 0 Å². The maximum atomic E-state index is 11.6. The zero-order valence-electron chi connectivity index (χ0n) is 12.5. The van der Waals surface area contributed by atoms with Gasteiger partial charge < -0.3 is 20.5 Å². The molecule has 0 fully saturated rings. The molecule has 3 N–H and O–H groups in total. The van der Waals surface area contributed by atoms with E-state index in [1.165, 1.54) is 0 Å². The Labute approximate surface area is 125 Å². The van der Waals surface area contributed by atoms with Crippen molar-refractivity contribution in [3.05, 3.63) is 23.8 Å². The van der Waals surface area contributed by atoms with Gasteiger partial charge in [0, 0.05) is 6.04 Å². The smallest absolute Gasteiger partial charge is 0.258 e. The zero-order chi connectivity index (χ0) is 15.7. The van der Waals surface area contributed by atoms with Crippen molar-refractivity contribution in [1.29, 1.82) is 0 Å². The maximum absolute atomic E-state index is 11.6. The molecule has 1 aromatic carbocycles. The van der Waals surface area contributed by atoms with Crippen LogP contribution in [0.25, 0.3) is 0 Å². The highest BCUT2D eigenvalue weighted by Crippen LogP contribution is 2.31. The van der Waals surface area contributed by atoms with Gasteiger partial charge in [0.2, 0.25) is 0 Å². The number of para-hydroxylation sites is 1. The van der Waals surface area contributed by atoms with Gasteiger partial charge in [-0.25, -0.2) is 0 Å². The summed E-state index contributed by atoms with van der Waals surface area (Å²) in [7, 11) is 1.56. The SMILES string of the molecule is C#CCNC(=O)COc1c(CC(N)CC)cccc1OC. The predicted molar refractivity (Wildman–Crippen MR) is 82.3 cm³/mol. The van der Waals surface area contributed by atoms with Crippen LogP contribution in [0.5, 0.6) is 11.5 Å². The van der Waals surface area contributed by atoms with Gasteiger partial charge in [-0.1, -0.05) is 25.0 Å². The Morgan fingerprint density at radius 3 is 2.90 bits per heavy atom. The van der Waals surface area contributed by atoms with Crippen LogP contribution in [0.3, 0.4) is 0 Å². The molecule has 114 valence electrons. The normalized spacial score (nSPS) is 11.3. The molecule has 0 heterocycles. The molecule has 1 amide bonds. The summed E-state index contributed by atoms with van der Waals surface area (Å²) in [6, 6.07) is 5.62. The minimum atomic E-state index is -0.274. The molecule has 0 aliphatic rings. The summed E-state index contributed by atoms with van der Waals surface area (Å²) >= 11 is 0. The third-order valence-electron chi connectivity index (χ3n) is 3.02. The number of terminal acetylenes is 1. The van der Waals surface area contributed by atoms with Crippen LogP contribution in [0, 0.1) is 12.3 Å². The molecule has 0 bridgehead atoms. The number of carbonyl (C=O) groups excluding carboxylic acids is 1. The molecule has 0 spiro atoms. The number of nitrogens with one attached hydrogen (secondary N) is 1. The topological polar surface area (TPSA) is 73.6 Å². The molecular formula is C16H22N2O3. The summed E-state index contributed by atoms with van der Waals surface area (Å²) in [5.74, 6) is 3.20. The van der Waals surface area contributed by atoms with E-state index < -0.39 is 0 Å². The average Bonchev–Trinajstić information content (AvgIpc) is 2.51. The molecule has 1 unspecified atom stereocenters. The van der Waals surface area contributed by atoms with E-state index in [0.717, 1.165) is 12.0 Å². The van der Waals surface area contributed by atoms with Gasteiger partial charge in [-0.15, -0.1) is 6.42 Å². The van der Waals surface area contributed by atoms with Gasteiger partial charge >= 0.3 is 0 Å². The van der Waals surface area contributed by atoms with Gasteiger partial charge in [0.05, 0.1) is 13.7 Å². The lowest BCUT2D eigenvalue weighted by atomic mass is 10.0. The van der Waals surface area contributed by atoms with Crippen molar-refractivity contribution < 1.29 is 14.3 Å². The Morgan fingerprint density at radius 1 is 1.52 bits per heavy atom. The van der Waals surface area contributed by atoms with Gasteiger partial charge in [-0.05, 0) is 24.5 Å². The number of amides is 1. The molecule has 0 saturated heterocycles. The van der Waals surface area contributed by atoms with Crippen molar-refractivity contribution in [1.82, 2.24) is 5.32 Å². The first-order valence-electron chi connectivity index (χ1n) is 6.86. The number of hydrogen-bond donors (Lipinski definition) is 2. The second-order valence-corrected chi connectivity index (χ2v) is 4.59. The second-order valence-electron chi connectivity index (χ2n) is 4.59. The Bertz CT molecular complexity index is 509. The third-order valence-corrected chi connectivity index (χ3v) is 3.02. The quantitative estimate of drug-likeness (QED) is 0.703. The molecule has 1 aromatic rings. The van der Waals surface area contributed by atoms with Crippen LogP contribution in [0.1, 0.15) is 18.9 Å². The fourth-order valence-corrected chi connectivity index (χ4v) is 1.81. The van der Waals surface area contributed by atoms with Gasteiger partial charge in [-0.2, -0.15) is 0 Å². The lowest BCUT2D eigenvalue weighted by Crippen LogP contribution is -2.29. The highest BCUT2D eigenvalue weighted by Gasteiger charge is 2.14. The highest BCUT2D eigenvalue weighted by atomic mass is 16.5. The maximum Gasteiger partial charge on any atom is 0.258 e. The predicted octanol–water partition coefficient (Wildman–Crippen LogP) is 1.10. The second kappa shape index (κ2) is 8.88. The standard InChI is InChI=1S/C16H22N2O3/c1-4-9-18-15(19)11-21-16-12(10-13(17)5-2)7-6-8-14(16)20-3/h1,6-8,13H,5,9-11,17H2,2-3H3,(H,18,19). The highest BCUT2D eigenvalue weighted by molar-refractivity contribution is 5.77. The minimum Gasteiger partial charge on any atom is -0.493 e. The molecule has 0 aliphatic carbocycles. The molecule has 5 nitrogen and oxygen atoms in total. The van der Waals surface area contributed by atoms with E-state index in [0.29, 0.717) is 17.9 Å². The molecule has 1 atom stereocenters. The van der Waals surface area contributed by atoms with E-state index in [9.17, 15) is 4.79 Å². The Kier molecular flexibility index (Phi) is 7.13. The summed E-state index contributed by atoms with van der Waals surface area (Å²) < 4.78 is 10.9. The largest absolute Gasteiger partial charge is 0.493 e. The lowest BCUT2D eigenvalue weighted by molar-refractivity contribution is -0.122.